The third kappa shape index (κ3) is 5.16. The molecule has 2 aromatic rings. The number of hydrogen-bond donors (Lipinski definition) is 0. The van der Waals surface area contributed by atoms with Crippen molar-refractivity contribution < 1.29 is 14.4 Å². The highest BCUT2D eigenvalue weighted by Crippen LogP contribution is 2.39. The fraction of sp³-hybridized carbons (Fsp3) is 0.500. The molecule has 0 radical (unpaired) electrons. The fourth-order valence-corrected chi connectivity index (χ4v) is 5.39. The Bertz CT molecular complexity index is 974. The Morgan fingerprint density at radius 1 is 1.23 bits per heavy atom. The molecule has 1 fully saturated rings. The first-order chi connectivity index (χ1) is 14.7. The third-order valence-electron chi connectivity index (χ3n) is 5.30. The van der Waals surface area contributed by atoms with E-state index in [1.807, 2.05) is 32.2 Å². The van der Waals surface area contributed by atoms with E-state index >= 15 is 0 Å². The number of carbonyl (C=O) groups is 1. The Kier molecular flexibility index (Phi) is 6.47. The van der Waals surface area contributed by atoms with E-state index < -0.39 is 5.60 Å². The van der Waals surface area contributed by atoms with Crippen LogP contribution in [0.1, 0.15) is 68.3 Å². The summed E-state index contributed by atoms with van der Waals surface area (Å²) in [5, 5.41) is 8.49. The van der Waals surface area contributed by atoms with Crippen LogP contribution in [0.3, 0.4) is 0 Å². The molecule has 0 N–H and O–H groups in total. The van der Waals surface area contributed by atoms with Crippen LogP contribution in [0, 0.1) is 0 Å². The number of hydrogen-bond acceptors (Lipinski definition) is 6. The van der Waals surface area contributed by atoms with Crippen LogP contribution in [0.5, 0.6) is 0 Å². The van der Waals surface area contributed by atoms with Crippen molar-refractivity contribution >= 4 is 46.3 Å². The van der Waals surface area contributed by atoms with Crippen LogP contribution in [0.25, 0.3) is 0 Å². The SMILES string of the molecule is CC(C)(C)OC(=O)N1CCC(c2nc(C3=NOC(c4c(Cl)cccc4Cl)C3)cs2)CC1. The van der Waals surface area contributed by atoms with Gasteiger partial charge in [-0.3, -0.25) is 0 Å². The van der Waals surface area contributed by atoms with Gasteiger partial charge in [0.25, 0.3) is 0 Å². The number of oxime groups is 1. The van der Waals surface area contributed by atoms with Gasteiger partial charge in [-0.25, -0.2) is 9.78 Å². The molecule has 2 aliphatic heterocycles. The number of piperidine rings is 1. The number of ether oxygens (including phenoxy) is 1. The average Bonchev–Trinajstić information content (AvgIpc) is 3.36. The first-order valence-electron chi connectivity index (χ1n) is 10.3. The van der Waals surface area contributed by atoms with Crippen molar-refractivity contribution in [2.45, 2.75) is 57.7 Å². The van der Waals surface area contributed by atoms with Gasteiger partial charge in [0, 0.05) is 46.4 Å². The van der Waals surface area contributed by atoms with E-state index in [-0.39, 0.29) is 12.2 Å². The molecule has 0 saturated carbocycles. The zero-order valence-corrected chi connectivity index (χ0v) is 20.1. The van der Waals surface area contributed by atoms with Gasteiger partial charge in [0.2, 0.25) is 0 Å². The molecule has 1 amide bonds. The molecule has 1 atom stereocenters. The van der Waals surface area contributed by atoms with Crippen molar-refractivity contribution in [1.82, 2.24) is 9.88 Å². The van der Waals surface area contributed by atoms with Gasteiger partial charge in [0.15, 0.2) is 6.10 Å². The lowest BCUT2D eigenvalue weighted by molar-refractivity contribution is 0.0205. The van der Waals surface area contributed by atoms with Gasteiger partial charge in [-0.2, -0.15) is 0 Å². The molecule has 0 aliphatic carbocycles. The van der Waals surface area contributed by atoms with Gasteiger partial charge < -0.3 is 14.5 Å². The van der Waals surface area contributed by atoms with Gasteiger partial charge in [0.1, 0.15) is 11.3 Å². The summed E-state index contributed by atoms with van der Waals surface area (Å²) in [5.41, 5.74) is 1.92. The lowest BCUT2D eigenvalue weighted by atomic mass is 9.98. The maximum absolute atomic E-state index is 12.3. The van der Waals surface area contributed by atoms with Crippen LogP contribution in [0.15, 0.2) is 28.7 Å². The summed E-state index contributed by atoms with van der Waals surface area (Å²) in [6.07, 6.45) is 1.76. The number of likely N-dealkylation sites (tertiary alicyclic amines) is 1. The summed E-state index contributed by atoms with van der Waals surface area (Å²) in [4.78, 5) is 24.5. The molecule has 4 rings (SSSR count). The normalized spacial score (nSPS) is 19.8. The minimum atomic E-state index is -0.478. The van der Waals surface area contributed by atoms with Crippen molar-refractivity contribution in [3.8, 4) is 0 Å². The van der Waals surface area contributed by atoms with Crippen LogP contribution >= 0.6 is 34.5 Å². The topological polar surface area (TPSA) is 64.0 Å². The van der Waals surface area contributed by atoms with E-state index in [0.29, 0.717) is 35.5 Å². The first kappa shape index (κ1) is 22.4. The molecule has 0 bridgehead atoms. The van der Waals surface area contributed by atoms with Gasteiger partial charge in [-0.1, -0.05) is 34.4 Å². The van der Waals surface area contributed by atoms with Gasteiger partial charge in [0.05, 0.1) is 10.7 Å². The number of aromatic nitrogens is 1. The van der Waals surface area contributed by atoms with E-state index in [0.717, 1.165) is 34.8 Å². The standard InChI is InChI=1S/C22H25Cl2N3O3S/c1-22(2,3)29-21(28)27-9-7-13(8-10-27)20-25-17(12-31-20)16-11-18(30-26-16)19-14(23)5-4-6-15(19)24/h4-6,12-13,18H,7-11H2,1-3H3. The molecule has 2 aliphatic rings. The summed E-state index contributed by atoms with van der Waals surface area (Å²) in [5.74, 6) is 0.328. The highest BCUT2D eigenvalue weighted by Gasteiger charge is 2.31. The first-order valence-corrected chi connectivity index (χ1v) is 11.9. The Labute approximate surface area is 196 Å². The second-order valence-corrected chi connectivity index (χ2v) is 10.5. The molecule has 0 spiro atoms. The summed E-state index contributed by atoms with van der Waals surface area (Å²) in [7, 11) is 0. The predicted octanol–water partition coefficient (Wildman–Crippen LogP) is 6.43. The Balaban J connectivity index is 1.36. The molecule has 1 saturated heterocycles. The summed E-state index contributed by atoms with van der Waals surface area (Å²) in [6, 6.07) is 5.41. The molecule has 3 heterocycles. The van der Waals surface area contributed by atoms with Gasteiger partial charge in [-0.15, -0.1) is 11.3 Å². The van der Waals surface area contributed by atoms with Crippen molar-refractivity contribution in [2.24, 2.45) is 5.16 Å². The Morgan fingerprint density at radius 3 is 2.55 bits per heavy atom. The van der Waals surface area contributed by atoms with Crippen LogP contribution in [0.4, 0.5) is 4.79 Å². The van der Waals surface area contributed by atoms with E-state index in [4.69, 9.17) is 37.8 Å². The maximum atomic E-state index is 12.3. The molecule has 1 aromatic carbocycles. The Morgan fingerprint density at radius 2 is 1.90 bits per heavy atom. The van der Waals surface area contributed by atoms with Crippen LogP contribution in [0.2, 0.25) is 10.0 Å². The van der Waals surface area contributed by atoms with E-state index in [9.17, 15) is 4.79 Å². The fourth-order valence-electron chi connectivity index (χ4n) is 3.74. The predicted molar refractivity (Wildman–Crippen MR) is 123 cm³/mol. The summed E-state index contributed by atoms with van der Waals surface area (Å²) >= 11 is 14.3. The van der Waals surface area contributed by atoms with E-state index in [2.05, 4.69) is 5.16 Å². The molecular formula is C22H25Cl2N3O3S. The molecule has 9 heteroatoms. The van der Waals surface area contributed by atoms with Crippen LogP contribution in [-0.4, -0.2) is 40.4 Å². The number of halogens is 2. The molecule has 6 nitrogen and oxygen atoms in total. The Hall–Kier alpha value is -1.83. The number of nitrogens with zero attached hydrogens (tertiary/aromatic N) is 3. The second-order valence-electron chi connectivity index (χ2n) is 8.78. The van der Waals surface area contributed by atoms with E-state index in [1.165, 1.54) is 0 Å². The van der Waals surface area contributed by atoms with Gasteiger partial charge in [-0.05, 0) is 45.7 Å². The van der Waals surface area contributed by atoms with Crippen LogP contribution < -0.4 is 0 Å². The van der Waals surface area contributed by atoms with Gasteiger partial charge >= 0.3 is 6.09 Å². The molecule has 1 unspecified atom stereocenters. The largest absolute Gasteiger partial charge is 0.444 e. The van der Waals surface area contributed by atoms with Crippen molar-refractivity contribution in [1.29, 1.82) is 0 Å². The lowest BCUT2D eigenvalue weighted by Crippen LogP contribution is -2.41. The number of thiazole rings is 1. The second kappa shape index (κ2) is 8.96. The molecule has 1 aromatic heterocycles. The number of carbonyl (C=O) groups excluding carboxylic acids is 1. The minimum absolute atomic E-state index is 0.243. The zero-order valence-electron chi connectivity index (χ0n) is 17.7. The smallest absolute Gasteiger partial charge is 0.410 e. The molecule has 166 valence electrons. The minimum Gasteiger partial charge on any atom is -0.444 e. The quantitative estimate of drug-likeness (QED) is 0.506. The third-order valence-corrected chi connectivity index (χ3v) is 6.97. The molecule has 31 heavy (non-hydrogen) atoms. The van der Waals surface area contributed by atoms with Crippen molar-refractivity contribution in [3.05, 3.63) is 49.9 Å². The number of amides is 1. The zero-order chi connectivity index (χ0) is 22.2. The lowest BCUT2D eigenvalue weighted by Gasteiger charge is -2.32. The van der Waals surface area contributed by atoms with Crippen molar-refractivity contribution in [3.63, 3.8) is 0 Å². The highest BCUT2D eigenvalue weighted by molar-refractivity contribution is 7.10. The van der Waals surface area contributed by atoms with Crippen LogP contribution in [-0.2, 0) is 9.57 Å². The monoisotopic (exact) mass is 481 g/mol. The number of rotatable bonds is 3. The number of benzene rings is 1. The highest BCUT2D eigenvalue weighted by atomic mass is 35.5. The summed E-state index contributed by atoms with van der Waals surface area (Å²) in [6.45, 7) is 6.99. The van der Waals surface area contributed by atoms with Crippen molar-refractivity contribution in [2.75, 3.05) is 13.1 Å². The summed E-state index contributed by atoms with van der Waals surface area (Å²) < 4.78 is 5.48. The molecular weight excluding hydrogens is 457 g/mol. The van der Waals surface area contributed by atoms with E-state index in [1.54, 1.807) is 28.4 Å². The average molecular weight is 482 g/mol. The maximum Gasteiger partial charge on any atom is 0.410 e.